The van der Waals surface area contributed by atoms with Crippen molar-refractivity contribution in [2.75, 3.05) is 19.0 Å². The smallest absolute Gasteiger partial charge is 0.208 e. The molecule has 0 saturated heterocycles. The minimum atomic E-state index is 0.197. The number of hydrogen-bond acceptors (Lipinski definition) is 4. The number of methoxy groups -OCH3 is 1. The summed E-state index contributed by atoms with van der Waals surface area (Å²) in [6.45, 7) is 6.81. The number of aryl methyl sites for hydroxylation is 3. The van der Waals surface area contributed by atoms with E-state index in [0.717, 1.165) is 29.4 Å². The quantitative estimate of drug-likeness (QED) is 0.876. The molecule has 1 atom stereocenters. The standard InChI is InChI=1S/C14H23N5O/c1-6-12-13(8-18(4)17-12)19-7-10(2)15-14(19)16-11(3)9-20-5/h7-8,11H,6,9H2,1-5H3,(H,15,16). The Morgan fingerprint density at radius 1 is 1.40 bits per heavy atom. The van der Waals surface area contributed by atoms with Gasteiger partial charge in [0.25, 0.3) is 0 Å². The van der Waals surface area contributed by atoms with E-state index in [-0.39, 0.29) is 6.04 Å². The first-order chi connectivity index (χ1) is 9.55. The Morgan fingerprint density at radius 2 is 2.15 bits per heavy atom. The minimum absolute atomic E-state index is 0.197. The largest absolute Gasteiger partial charge is 0.383 e. The van der Waals surface area contributed by atoms with Gasteiger partial charge in [0, 0.05) is 32.6 Å². The van der Waals surface area contributed by atoms with Crippen LogP contribution in [0.5, 0.6) is 0 Å². The van der Waals surface area contributed by atoms with Crippen molar-refractivity contribution >= 4 is 5.95 Å². The van der Waals surface area contributed by atoms with E-state index in [2.05, 4.69) is 33.8 Å². The summed E-state index contributed by atoms with van der Waals surface area (Å²) in [6, 6.07) is 0.197. The number of nitrogens with one attached hydrogen (secondary N) is 1. The second-order valence-electron chi connectivity index (χ2n) is 5.06. The van der Waals surface area contributed by atoms with Crippen molar-refractivity contribution in [3.63, 3.8) is 0 Å². The molecular formula is C14H23N5O. The lowest BCUT2D eigenvalue weighted by Crippen LogP contribution is -2.23. The Balaban J connectivity index is 2.36. The van der Waals surface area contributed by atoms with Gasteiger partial charge in [-0.1, -0.05) is 6.92 Å². The summed E-state index contributed by atoms with van der Waals surface area (Å²) in [5.41, 5.74) is 3.11. The molecule has 2 aromatic heterocycles. The highest BCUT2D eigenvalue weighted by Gasteiger charge is 2.15. The van der Waals surface area contributed by atoms with Crippen LogP contribution in [0.2, 0.25) is 0 Å². The van der Waals surface area contributed by atoms with Crippen molar-refractivity contribution in [2.24, 2.45) is 7.05 Å². The summed E-state index contributed by atoms with van der Waals surface area (Å²) < 4.78 is 9.06. The number of nitrogens with zero attached hydrogens (tertiary/aromatic N) is 4. The first-order valence-corrected chi connectivity index (χ1v) is 6.89. The van der Waals surface area contributed by atoms with Gasteiger partial charge in [0.2, 0.25) is 5.95 Å². The first-order valence-electron chi connectivity index (χ1n) is 6.89. The van der Waals surface area contributed by atoms with Gasteiger partial charge in [-0.05, 0) is 20.3 Å². The molecule has 6 nitrogen and oxygen atoms in total. The highest BCUT2D eigenvalue weighted by Crippen LogP contribution is 2.20. The molecule has 0 spiro atoms. The predicted octanol–water partition coefficient (Wildman–Crippen LogP) is 1.92. The number of ether oxygens (including phenoxy) is 1. The topological polar surface area (TPSA) is 56.9 Å². The Morgan fingerprint density at radius 3 is 2.80 bits per heavy atom. The lowest BCUT2D eigenvalue weighted by atomic mass is 10.3. The molecule has 0 bridgehead atoms. The number of hydrogen-bond donors (Lipinski definition) is 1. The number of anilines is 1. The van der Waals surface area contributed by atoms with E-state index in [0.29, 0.717) is 6.61 Å². The summed E-state index contributed by atoms with van der Waals surface area (Å²) in [5, 5.41) is 7.87. The van der Waals surface area contributed by atoms with Gasteiger partial charge in [0.05, 0.1) is 23.7 Å². The molecule has 0 radical (unpaired) electrons. The Labute approximate surface area is 119 Å². The molecule has 110 valence electrons. The fourth-order valence-corrected chi connectivity index (χ4v) is 2.27. The molecule has 1 unspecified atom stereocenters. The van der Waals surface area contributed by atoms with Crippen molar-refractivity contribution in [3.05, 3.63) is 23.8 Å². The second kappa shape index (κ2) is 6.09. The van der Waals surface area contributed by atoms with E-state index < -0.39 is 0 Å². The van der Waals surface area contributed by atoms with Crippen molar-refractivity contribution in [1.29, 1.82) is 0 Å². The Kier molecular flexibility index (Phi) is 4.44. The Hall–Kier alpha value is -1.82. The van der Waals surface area contributed by atoms with Gasteiger partial charge in [-0.25, -0.2) is 4.98 Å². The molecule has 0 saturated carbocycles. The zero-order valence-electron chi connectivity index (χ0n) is 12.8. The van der Waals surface area contributed by atoms with Crippen molar-refractivity contribution < 1.29 is 4.74 Å². The van der Waals surface area contributed by atoms with E-state index in [1.54, 1.807) is 7.11 Å². The van der Waals surface area contributed by atoms with Gasteiger partial charge in [-0.15, -0.1) is 0 Å². The lowest BCUT2D eigenvalue weighted by Gasteiger charge is -2.14. The van der Waals surface area contributed by atoms with Crippen LogP contribution in [0.15, 0.2) is 12.4 Å². The van der Waals surface area contributed by atoms with Crippen LogP contribution in [0.1, 0.15) is 25.2 Å². The average molecular weight is 277 g/mol. The maximum atomic E-state index is 5.16. The van der Waals surface area contributed by atoms with E-state index in [9.17, 15) is 0 Å². The fourth-order valence-electron chi connectivity index (χ4n) is 2.27. The van der Waals surface area contributed by atoms with Gasteiger partial charge < -0.3 is 10.1 Å². The molecule has 0 amide bonds. The average Bonchev–Trinajstić information content (AvgIpc) is 2.92. The van der Waals surface area contributed by atoms with Crippen molar-refractivity contribution in [3.8, 4) is 5.69 Å². The third-order valence-corrected chi connectivity index (χ3v) is 3.10. The fraction of sp³-hybridized carbons (Fsp3) is 0.571. The number of rotatable bonds is 6. The summed E-state index contributed by atoms with van der Waals surface area (Å²) in [5.74, 6) is 0.828. The van der Waals surface area contributed by atoms with Crippen LogP contribution in [0.25, 0.3) is 5.69 Å². The monoisotopic (exact) mass is 277 g/mol. The first kappa shape index (κ1) is 14.6. The highest BCUT2D eigenvalue weighted by molar-refractivity contribution is 5.45. The van der Waals surface area contributed by atoms with Crippen LogP contribution in [0.4, 0.5) is 5.95 Å². The molecule has 1 N–H and O–H groups in total. The predicted molar refractivity (Wildman–Crippen MR) is 79.4 cm³/mol. The van der Waals surface area contributed by atoms with Gasteiger partial charge in [0.15, 0.2) is 0 Å². The van der Waals surface area contributed by atoms with E-state index in [4.69, 9.17) is 4.74 Å². The molecule has 0 aliphatic rings. The third kappa shape index (κ3) is 3.01. The lowest BCUT2D eigenvalue weighted by molar-refractivity contribution is 0.190. The number of imidazole rings is 1. The molecule has 0 aliphatic carbocycles. The Bertz CT molecular complexity index is 572. The summed E-state index contributed by atoms with van der Waals surface area (Å²) in [7, 11) is 3.64. The molecule has 20 heavy (non-hydrogen) atoms. The van der Waals surface area contributed by atoms with Crippen LogP contribution in [0.3, 0.4) is 0 Å². The zero-order valence-corrected chi connectivity index (χ0v) is 12.8. The third-order valence-electron chi connectivity index (χ3n) is 3.10. The van der Waals surface area contributed by atoms with Gasteiger partial charge in [-0.3, -0.25) is 9.25 Å². The summed E-state index contributed by atoms with van der Waals surface area (Å²) in [4.78, 5) is 4.55. The summed E-state index contributed by atoms with van der Waals surface area (Å²) in [6.07, 6.45) is 4.94. The molecule has 2 heterocycles. The molecule has 0 aromatic carbocycles. The van der Waals surface area contributed by atoms with Crippen molar-refractivity contribution in [2.45, 2.75) is 33.2 Å². The summed E-state index contributed by atoms with van der Waals surface area (Å²) >= 11 is 0. The van der Waals surface area contributed by atoms with Crippen LogP contribution in [0, 0.1) is 6.92 Å². The van der Waals surface area contributed by atoms with Crippen molar-refractivity contribution in [1.82, 2.24) is 19.3 Å². The molecule has 2 aromatic rings. The van der Waals surface area contributed by atoms with Crippen LogP contribution < -0.4 is 5.32 Å². The molecular weight excluding hydrogens is 254 g/mol. The van der Waals surface area contributed by atoms with E-state index in [1.165, 1.54) is 0 Å². The van der Waals surface area contributed by atoms with Gasteiger partial charge >= 0.3 is 0 Å². The zero-order chi connectivity index (χ0) is 14.7. The van der Waals surface area contributed by atoms with Crippen LogP contribution >= 0.6 is 0 Å². The normalized spacial score (nSPS) is 12.7. The van der Waals surface area contributed by atoms with Crippen LogP contribution in [-0.4, -0.2) is 39.1 Å². The maximum absolute atomic E-state index is 5.16. The molecule has 2 rings (SSSR count). The second-order valence-corrected chi connectivity index (χ2v) is 5.06. The maximum Gasteiger partial charge on any atom is 0.208 e. The van der Waals surface area contributed by atoms with Gasteiger partial charge in [-0.2, -0.15) is 5.10 Å². The van der Waals surface area contributed by atoms with Crippen LogP contribution in [-0.2, 0) is 18.2 Å². The molecule has 0 aliphatic heterocycles. The number of aromatic nitrogens is 4. The SMILES string of the molecule is CCc1nn(C)cc1-n1cc(C)nc1NC(C)COC. The molecule has 6 heteroatoms. The highest BCUT2D eigenvalue weighted by atomic mass is 16.5. The molecule has 0 fully saturated rings. The van der Waals surface area contributed by atoms with E-state index in [1.807, 2.05) is 31.0 Å². The minimum Gasteiger partial charge on any atom is -0.383 e. The van der Waals surface area contributed by atoms with Gasteiger partial charge in [0.1, 0.15) is 0 Å². The van der Waals surface area contributed by atoms with E-state index >= 15 is 0 Å².